The maximum Gasteiger partial charge on any atom is 0.471 e. The van der Waals surface area contributed by atoms with E-state index in [1.54, 1.807) is 29.6 Å². The molecule has 8 heteroatoms. The van der Waals surface area contributed by atoms with E-state index in [1.807, 2.05) is 0 Å². The first-order valence-electron chi connectivity index (χ1n) is 5.06. The number of amides is 1. The number of nitrogens with one attached hydrogen (secondary N) is 2. The van der Waals surface area contributed by atoms with Crippen LogP contribution >= 0.6 is 11.6 Å². The highest BCUT2D eigenvalue weighted by atomic mass is 35.5. The van der Waals surface area contributed by atoms with Crippen molar-refractivity contribution in [2.75, 3.05) is 5.32 Å². The van der Waals surface area contributed by atoms with Gasteiger partial charge in [-0.05, 0) is 17.7 Å². The number of anilines is 1. The topological polar surface area (TPSA) is 57.8 Å². The molecule has 0 fully saturated rings. The summed E-state index contributed by atoms with van der Waals surface area (Å²) in [6.07, 6.45) is -4.95. The summed E-state index contributed by atoms with van der Waals surface area (Å²) < 4.78 is 36.1. The van der Waals surface area contributed by atoms with Gasteiger partial charge in [0, 0.05) is 11.1 Å². The molecule has 0 atom stereocenters. The van der Waals surface area contributed by atoms with Crippen molar-refractivity contribution in [1.82, 2.24) is 10.2 Å². The van der Waals surface area contributed by atoms with E-state index >= 15 is 0 Å². The van der Waals surface area contributed by atoms with Gasteiger partial charge in [-0.1, -0.05) is 23.7 Å². The molecular formula is C11H7ClF3N3O. The lowest BCUT2D eigenvalue weighted by molar-refractivity contribution is -0.167. The second-order valence-electron chi connectivity index (χ2n) is 3.63. The van der Waals surface area contributed by atoms with E-state index in [1.165, 1.54) is 6.07 Å². The summed E-state index contributed by atoms with van der Waals surface area (Å²) in [5.74, 6) is -2.27. The van der Waals surface area contributed by atoms with E-state index in [0.717, 1.165) is 0 Å². The lowest BCUT2D eigenvalue weighted by Gasteiger charge is -2.04. The predicted molar refractivity (Wildman–Crippen MR) is 63.7 cm³/mol. The highest BCUT2D eigenvalue weighted by Gasteiger charge is 2.39. The molecule has 0 bridgehead atoms. The van der Waals surface area contributed by atoms with Crippen molar-refractivity contribution in [1.29, 1.82) is 0 Å². The molecule has 0 aliphatic carbocycles. The molecule has 0 saturated heterocycles. The third-order valence-electron chi connectivity index (χ3n) is 2.23. The Hall–Kier alpha value is -2.02. The van der Waals surface area contributed by atoms with Gasteiger partial charge in [-0.2, -0.15) is 18.3 Å². The Kier molecular flexibility index (Phi) is 3.48. The van der Waals surface area contributed by atoms with E-state index in [-0.39, 0.29) is 5.82 Å². The Morgan fingerprint density at radius 2 is 1.89 bits per heavy atom. The van der Waals surface area contributed by atoms with Crippen LogP contribution in [-0.2, 0) is 4.79 Å². The van der Waals surface area contributed by atoms with Gasteiger partial charge in [0.2, 0.25) is 0 Å². The third kappa shape index (κ3) is 3.25. The number of aromatic amines is 1. The minimum absolute atomic E-state index is 0.202. The predicted octanol–water partition coefficient (Wildman–Crippen LogP) is 3.23. The quantitative estimate of drug-likeness (QED) is 0.892. The number of carbonyl (C=O) groups is 1. The van der Waals surface area contributed by atoms with E-state index < -0.39 is 12.1 Å². The number of nitrogens with zero attached hydrogens (tertiary/aromatic N) is 1. The second-order valence-corrected chi connectivity index (χ2v) is 4.06. The van der Waals surface area contributed by atoms with E-state index in [0.29, 0.717) is 16.3 Å². The Bertz CT molecular complexity index is 592. The number of hydrogen-bond donors (Lipinski definition) is 2. The van der Waals surface area contributed by atoms with Crippen LogP contribution in [0.4, 0.5) is 19.0 Å². The van der Waals surface area contributed by atoms with Crippen molar-refractivity contribution in [3.63, 3.8) is 0 Å². The minimum atomic E-state index is -4.95. The van der Waals surface area contributed by atoms with Crippen LogP contribution in [0.5, 0.6) is 0 Å². The summed E-state index contributed by atoms with van der Waals surface area (Å²) in [7, 11) is 0. The van der Waals surface area contributed by atoms with Crippen LogP contribution in [0, 0.1) is 0 Å². The molecular weight excluding hydrogens is 283 g/mol. The molecule has 1 aromatic heterocycles. The summed E-state index contributed by atoms with van der Waals surface area (Å²) in [6, 6.07) is 7.90. The molecule has 1 amide bonds. The van der Waals surface area contributed by atoms with Gasteiger partial charge in [-0.3, -0.25) is 9.89 Å². The molecule has 0 saturated carbocycles. The zero-order chi connectivity index (χ0) is 14.0. The lowest BCUT2D eigenvalue weighted by atomic mass is 10.1. The third-order valence-corrected chi connectivity index (χ3v) is 2.48. The fraction of sp³-hybridized carbons (Fsp3) is 0.0909. The van der Waals surface area contributed by atoms with Gasteiger partial charge in [-0.15, -0.1) is 0 Å². The highest BCUT2D eigenvalue weighted by Crippen LogP contribution is 2.23. The Morgan fingerprint density at radius 3 is 2.47 bits per heavy atom. The first kappa shape index (κ1) is 13.4. The summed E-state index contributed by atoms with van der Waals surface area (Å²) in [5, 5.41) is 8.29. The fourth-order valence-corrected chi connectivity index (χ4v) is 1.48. The van der Waals surface area contributed by atoms with Gasteiger partial charge in [0.05, 0.1) is 5.69 Å². The summed E-state index contributed by atoms with van der Waals surface area (Å²) >= 11 is 5.72. The van der Waals surface area contributed by atoms with Crippen LogP contribution in [0.1, 0.15) is 0 Å². The molecule has 1 heterocycles. The normalized spacial score (nSPS) is 11.4. The van der Waals surface area contributed by atoms with Crippen LogP contribution in [0.3, 0.4) is 0 Å². The first-order valence-corrected chi connectivity index (χ1v) is 5.43. The number of rotatable bonds is 2. The van der Waals surface area contributed by atoms with Crippen molar-refractivity contribution < 1.29 is 18.0 Å². The summed E-state index contributed by atoms with van der Waals surface area (Å²) in [6.45, 7) is 0. The number of halogens is 4. The van der Waals surface area contributed by atoms with Gasteiger partial charge in [0.1, 0.15) is 0 Å². The first-order chi connectivity index (χ1) is 8.86. The van der Waals surface area contributed by atoms with Crippen LogP contribution in [0.2, 0.25) is 5.02 Å². The maximum absolute atomic E-state index is 12.0. The number of benzene rings is 1. The largest absolute Gasteiger partial charge is 0.471 e. The van der Waals surface area contributed by atoms with Crippen molar-refractivity contribution in [3.05, 3.63) is 35.4 Å². The zero-order valence-electron chi connectivity index (χ0n) is 9.25. The van der Waals surface area contributed by atoms with Crippen LogP contribution < -0.4 is 5.32 Å². The molecule has 1 aromatic carbocycles. The highest BCUT2D eigenvalue weighted by molar-refractivity contribution is 6.30. The molecule has 100 valence electrons. The Balaban J connectivity index is 2.16. The second kappa shape index (κ2) is 4.93. The summed E-state index contributed by atoms with van der Waals surface area (Å²) in [5.41, 5.74) is 1.15. The smallest absolute Gasteiger partial charge is 0.301 e. The van der Waals surface area contributed by atoms with Gasteiger partial charge >= 0.3 is 12.1 Å². The van der Waals surface area contributed by atoms with E-state index in [9.17, 15) is 18.0 Å². The Morgan fingerprint density at radius 1 is 1.26 bits per heavy atom. The molecule has 2 aromatic rings. The average molecular weight is 290 g/mol. The molecule has 2 rings (SSSR count). The zero-order valence-corrected chi connectivity index (χ0v) is 10.0. The SMILES string of the molecule is O=C(Nc1cc(-c2ccc(Cl)cc2)[nH]n1)C(F)(F)F. The molecule has 0 radical (unpaired) electrons. The minimum Gasteiger partial charge on any atom is -0.301 e. The Labute approximate surface area is 110 Å². The van der Waals surface area contributed by atoms with Crippen molar-refractivity contribution >= 4 is 23.3 Å². The number of alkyl halides is 3. The van der Waals surface area contributed by atoms with Crippen molar-refractivity contribution in [2.24, 2.45) is 0 Å². The molecule has 0 spiro atoms. The standard InChI is InChI=1S/C11H7ClF3N3O/c12-7-3-1-6(2-4-7)8-5-9(18-17-8)16-10(19)11(13,14)15/h1-5H,(H2,16,17,18,19). The maximum atomic E-state index is 12.0. The molecule has 0 aliphatic rings. The molecule has 0 unspecified atom stereocenters. The number of hydrogen-bond acceptors (Lipinski definition) is 2. The van der Waals surface area contributed by atoms with Crippen molar-refractivity contribution in [2.45, 2.75) is 6.18 Å². The number of aromatic nitrogens is 2. The summed E-state index contributed by atoms with van der Waals surface area (Å²) in [4.78, 5) is 10.7. The number of H-pyrrole nitrogens is 1. The van der Waals surface area contributed by atoms with Gasteiger partial charge in [0.15, 0.2) is 5.82 Å². The molecule has 0 aliphatic heterocycles. The van der Waals surface area contributed by atoms with Crippen LogP contribution in [-0.4, -0.2) is 22.3 Å². The van der Waals surface area contributed by atoms with Gasteiger partial charge in [0.25, 0.3) is 0 Å². The van der Waals surface area contributed by atoms with Crippen LogP contribution in [0.15, 0.2) is 30.3 Å². The van der Waals surface area contributed by atoms with Crippen molar-refractivity contribution in [3.8, 4) is 11.3 Å². The molecule has 19 heavy (non-hydrogen) atoms. The lowest BCUT2D eigenvalue weighted by Crippen LogP contribution is -2.30. The molecule has 4 nitrogen and oxygen atoms in total. The number of carbonyl (C=O) groups excluding carboxylic acids is 1. The van der Waals surface area contributed by atoms with E-state index in [4.69, 9.17) is 11.6 Å². The van der Waals surface area contributed by atoms with Gasteiger partial charge < -0.3 is 5.32 Å². The fourth-order valence-electron chi connectivity index (χ4n) is 1.35. The van der Waals surface area contributed by atoms with E-state index in [2.05, 4.69) is 10.2 Å². The average Bonchev–Trinajstić information content (AvgIpc) is 2.77. The van der Waals surface area contributed by atoms with Crippen LogP contribution in [0.25, 0.3) is 11.3 Å². The monoisotopic (exact) mass is 289 g/mol. The molecule has 2 N–H and O–H groups in total. The van der Waals surface area contributed by atoms with Gasteiger partial charge in [-0.25, -0.2) is 0 Å².